The first-order valence-electron chi connectivity index (χ1n) is 6.83. The molecule has 0 amide bonds. The van der Waals surface area contributed by atoms with E-state index in [1.54, 1.807) is 4.52 Å². The molecule has 4 heteroatoms. The van der Waals surface area contributed by atoms with Crippen molar-refractivity contribution in [1.29, 1.82) is 0 Å². The van der Waals surface area contributed by atoms with Crippen molar-refractivity contribution in [2.45, 2.75) is 51.4 Å². The van der Waals surface area contributed by atoms with Gasteiger partial charge in [0, 0.05) is 17.7 Å². The van der Waals surface area contributed by atoms with E-state index in [-0.39, 0.29) is 0 Å². The second-order valence-corrected chi connectivity index (χ2v) is 5.53. The maximum absolute atomic E-state index is 6.28. The van der Waals surface area contributed by atoms with E-state index in [4.69, 9.17) is 11.6 Å². The third-order valence-electron chi connectivity index (χ3n) is 3.74. The molecule has 1 saturated carbocycles. The maximum Gasteiger partial charge on any atom is 0.157 e. The van der Waals surface area contributed by atoms with Crippen LogP contribution in [0, 0.1) is 0 Å². The molecule has 0 radical (unpaired) electrons. The fourth-order valence-electron chi connectivity index (χ4n) is 2.81. The predicted molar refractivity (Wildman–Crippen MR) is 73.2 cm³/mol. The van der Waals surface area contributed by atoms with E-state index in [1.165, 1.54) is 25.7 Å². The van der Waals surface area contributed by atoms with Gasteiger partial charge in [0.25, 0.3) is 0 Å². The van der Waals surface area contributed by atoms with Crippen molar-refractivity contribution in [3.63, 3.8) is 0 Å². The molecule has 1 aliphatic rings. The van der Waals surface area contributed by atoms with Crippen molar-refractivity contribution in [3.05, 3.63) is 28.7 Å². The highest BCUT2D eigenvalue weighted by molar-refractivity contribution is 6.29. The van der Waals surface area contributed by atoms with Crippen LogP contribution in [0.2, 0.25) is 5.15 Å². The zero-order chi connectivity index (χ0) is 12.5. The Bertz CT molecular complexity index is 555. The molecule has 0 N–H and O–H groups in total. The van der Waals surface area contributed by atoms with Gasteiger partial charge in [-0.25, -0.2) is 9.50 Å². The smallest absolute Gasteiger partial charge is 0.157 e. The van der Waals surface area contributed by atoms with Crippen LogP contribution in [0.4, 0.5) is 0 Å². The van der Waals surface area contributed by atoms with Gasteiger partial charge in [0.1, 0.15) is 5.15 Å². The first kappa shape index (κ1) is 12.0. The summed E-state index contributed by atoms with van der Waals surface area (Å²) in [7, 11) is 0. The normalized spacial score (nSPS) is 16.8. The van der Waals surface area contributed by atoms with E-state index in [2.05, 4.69) is 23.1 Å². The fourth-order valence-corrected chi connectivity index (χ4v) is 3.06. The minimum Gasteiger partial charge on any atom is -0.233 e. The van der Waals surface area contributed by atoms with Crippen molar-refractivity contribution in [2.75, 3.05) is 0 Å². The molecule has 2 heterocycles. The number of aromatic nitrogens is 3. The van der Waals surface area contributed by atoms with Gasteiger partial charge in [-0.1, -0.05) is 37.8 Å². The summed E-state index contributed by atoms with van der Waals surface area (Å²) in [5.41, 5.74) is 3.12. The zero-order valence-electron chi connectivity index (χ0n) is 10.7. The van der Waals surface area contributed by atoms with Crippen LogP contribution in [-0.2, 0) is 6.42 Å². The lowest BCUT2D eigenvalue weighted by Crippen LogP contribution is -1.98. The van der Waals surface area contributed by atoms with Crippen molar-refractivity contribution in [1.82, 2.24) is 14.6 Å². The summed E-state index contributed by atoms with van der Waals surface area (Å²) in [6.07, 6.45) is 7.21. The molecule has 0 aliphatic heterocycles. The highest BCUT2D eigenvalue weighted by Gasteiger charge is 2.20. The number of nitrogens with zero attached hydrogens (tertiary/aromatic N) is 3. The molecule has 2 aromatic heterocycles. The molecule has 2 aromatic rings. The molecule has 3 rings (SSSR count). The second-order valence-electron chi connectivity index (χ2n) is 5.14. The first-order valence-corrected chi connectivity index (χ1v) is 7.21. The van der Waals surface area contributed by atoms with E-state index in [0.717, 1.165) is 29.9 Å². The number of halogens is 1. The number of hydrogen-bond donors (Lipinski definition) is 0. The molecule has 1 fully saturated rings. The van der Waals surface area contributed by atoms with Crippen LogP contribution in [0.3, 0.4) is 0 Å². The Kier molecular flexibility index (Phi) is 3.25. The molecule has 0 atom stereocenters. The summed E-state index contributed by atoms with van der Waals surface area (Å²) in [6.45, 7) is 2.15. The van der Waals surface area contributed by atoms with Gasteiger partial charge in [0.2, 0.25) is 0 Å². The minimum atomic E-state index is 0.609. The lowest BCUT2D eigenvalue weighted by atomic mass is 10.1. The summed E-state index contributed by atoms with van der Waals surface area (Å²) in [5, 5.41) is 5.29. The van der Waals surface area contributed by atoms with Gasteiger partial charge in [-0.15, -0.1) is 0 Å². The standard InChI is InChI=1S/C14H18ClN3/c1-2-5-11-8-13(15)18-14(16-11)9-12(17-18)10-6-3-4-7-10/h8-10H,2-7H2,1H3. The molecule has 3 nitrogen and oxygen atoms in total. The molecule has 0 unspecified atom stereocenters. The zero-order valence-corrected chi connectivity index (χ0v) is 11.5. The fraction of sp³-hybridized carbons (Fsp3) is 0.571. The molecule has 0 spiro atoms. The van der Waals surface area contributed by atoms with Crippen molar-refractivity contribution in [2.24, 2.45) is 0 Å². The summed E-state index contributed by atoms with van der Waals surface area (Å²) >= 11 is 6.28. The van der Waals surface area contributed by atoms with Crippen molar-refractivity contribution >= 4 is 17.2 Å². The van der Waals surface area contributed by atoms with E-state index >= 15 is 0 Å². The van der Waals surface area contributed by atoms with E-state index in [9.17, 15) is 0 Å². The highest BCUT2D eigenvalue weighted by Crippen LogP contribution is 2.33. The molecule has 18 heavy (non-hydrogen) atoms. The van der Waals surface area contributed by atoms with Gasteiger partial charge in [-0.05, 0) is 25.3 Å². The van der Waals surface area contributed by atoms with E-state index < -0.39 is 0 Å². The van der Waals surface area contributed by atoms with Crippen LogP contribution >= 0.6 is 11.6 Å². The Morgan fingerprint density at radius 1 is 1.33 bits per heavy atom. The van der Waals surface area contributed by atoms with Gasteiger partial charge >= 0.3 is 0 Å². The van der Waals surface area contributed by atoms with Gasteiger partial charge in [0.15, 0.2) is 5.65 Å². The predicted octanol–water partition coefficient (Wildman–Crippen LogP) is 3.99. The Morgan fingerprint density at radius 2 is 2.11 bits per heavy atom. The molecule has 0 aromatic carbocycles. The Hall–Kier alpha value is -1.09. The van der Waals surface area contributed by atoms with Crippen LogP contribution in [0.15, 0.2) is 12.1 Å². The molecular weight excluding hydrogens is 246 g/mol. The van der Waals surface area contributed by atoms with Crippen LogP contribution in [0.5, 0.6) is 0 Å². The van der Waals surface area contributed by atoms with Crippen LogP contribution in [0.25, 0.3) is 5.65 Å². The summed E-state index contributed by atoms with van der Waals surface area (Å²) in [6, 6.07) is 4.05. The molecular formula is C14H18ClN3. The molecule has 0 saturated heterocycles. The Balaban J connectivity index is 2.02. The number of hydrogen-bond acceptors (Lipinski definition) is 2. The number of aryl methyl sites for hydroxylation is 1. The largest absolute Gasteiger partial charge is 0.233 e. The van der Waals surface area contributed by atoms with Gasteiger partial charge in [-0.2, -0.15) is 5.10 Å². The van der Waals surface area contributed by atoms with Gasteiger partial charge in [-0.3, -0.25) is 0 Å². The van der Waals surface area contributed by atoms with Crippen LogP contribution in [-0.4, -0.2) is 14.6 Å². The minimum absolute atomic E-state index is 0.609. The second kappa shape index (κ2) is 4.88. The quantitative estimate of drug-likeness (QED) is 0.784. The lowest BCUT2D eigenvalue weighted by molar-refractivity contribution is 0.684. The average Bonchev–Trinajstić information content (AvgIpc) is 2.97. The molecule has 96 valence electrons. The Morgan fingerprint density at radius 3 is 2.83 bits per heavy atom. The van der Waals surface area contributed by atoms with Gasteiger partial charge < -0.3 is 0 Å². The van der Waals surface area contributed by atoms with Crippen molar-refractivity contribution < 1.29 is 0 Å². The third-order valence-corrected chi connectivity index (χ3v) is 4.00. The summed E-state index contributed by atoms with van der Waals surface area (Å²) in [5.74, 6) is 0.609. The highest BCUT2D eigenvalue weighted by atomic mass is 35.5. The SMILES string of the molecule is CCCc1cc(Cl)n2nc(C3CCCC3)cc2n1. The Labute approximate surface area is 112 Å². The lowest BCUT2D eigenvalue weighted by Gasteiger charge is -2.02. The summed E-state index contributed by atoms with van der Waals surface area (Å²) < 4.78 is 1.77. The average molecular weight is 264 g/mol. The maximum atomic E-state index is 6.28. The van der Waals surface area contributed by atoms with Gasteiger partial charge in [0.05, 0.1) is 5.69 Å². The monoisotopic (exact) mass is 263 g/mol. The summed E-state index contributed by atoms with van der Waals surface area (Å²) in [4.78, 5) is 4.63. The number of rotatable bonds is 3. The van der Waals surface area contributed by atoms with E-state index in [1.807, 2.05) is 6.07 Å². The van der Waals surface area contributed by atoms with Crippen molar-refractivity contribution in [3.8, 4) is 0 Å². The topological polar surface area (TPSA) is 30.2 Å². The number of fused-ring (bicyclic) bond motifs is 1. The van der Waals surface area contributed by atoms with E-state index in [0.29, 0.717) is 11.1 Å². The van der Waals surface area contributed by atoms with Crippen LogP contribution in [0.1, 0.15) is 56.3 Å². The van der Waals surface area contributed by atoms with Crippen LogP contribution < -0.4 is 0 Å². The molecule has 0 bridgehead atoms. The first-order chi connectivity index (χ1) is 8.78. The third kappa shape index (κ3) is 2.12. The molecule has 1 aliphatic carbocycles.